The van der Waals surface area contributed by atoms with Crippen LogP contribution in [0.3, 0.4) is 0 Å². The second-order valence-corrected chi connectivity index (χ2v) is 8.62. The first kappa shape index (κ1) is 21.2. The summed E-state index contributed by atoms with van der Waals surface area (Å²) in [7, 11) is 0. The Morgan fingerprint density at radius 3 is 2.93 bits per heavy atom. The summed E-state index contributed by atoms with van der Waals surface area (Å²) in [6, 6.07) is 5.94. The number of halogens is 2. The Bertz CT molecular complexity index is 984. The molecule has 1 aromatic carbocycles. The highest BCUT2D eigenvalue weighted by Crippen LogP contribution is 2.39. The summed E-state index contributed by atoms with van der Waals surface area (Å²) in [6.45, 7) is 5.26. The number of ether oxygens (including phenoxy) is 1. The minimum atomic E-state index is -0.855. The van der Waals surface area contributed by atoms with Gasteiger partial charge in [-0.05, 0) is 24.5 Å². The highest BCUT2D eigenvalue weighted by atomic mass is 35.5. The number of carboxylic acids is 1. The lowest BCUT2D eigenvalue weighted by atomic mass is 10.1. The van der Waals surface area contributed by atoms with Gasteiger partial charge >= 0.3 is 5.97 Å². The Morgan fingerprint density at radius 1 is 1.37 bits per heavy atom. The number of hydrogen-bond donors (Lipinski definition) is 1. The molecule has 0 saturated carbocycles. The zero-order valence-electron chi connectivity index (χ0n) is 16.7. The second-order valence-electron chi connectivity index (χ2n) is 7.84. The Morgan fingerprint density at radius 2 is 2.20 bits per heavy atom. The topological polar surface area (TPSA) is 78.3 Å². The third-order valence-corrected chi connectivity index (χ3v) is 6.32. The van der Waals surface area contributed by atoms with Crippen LogP contribution in [0.4, 0.5) is 11.5 Å². The number of fused-ring (bicyclic) bond motifs is 1. The summed E-state index contributed by atoms with van der Waals surface area (Å²) in [5.41, 5.74) is 1.67. The van der Waals surface area contributed by atoms with Crippen molar-refractivity contribution in [3.63, 3.8) is 0 Å². The summed E-state index contributed by atoms with van der Waals surface area (Å²) < 4.78 is 5.66. The molecule has 9 heteroatoms. The van der Waals surface area contributed by atoms with E-state index >= 15 is 0 Å². The minimum absolute atomic E-state index is 0.00302. The molecule has 30 heavy (non-hydrogen) atoms. The molecule has 4 rings (SSSR count). The molecule has 0 radical (unpaired) electrons. The largest absolute Gasteiger partial charge is 0.481 e. The molecule has 0 aliphatic carbocycles. The molecular weight excluding hydrogens is 427 g/mol. The monoisotopic (exact) mass is 450 g/mol. The molecule has 0 bridgehead atoms. The normalized spacial score (nSPS) is 21.2. The van der Waals surface area contributed by atoms with Crippen molar-refractivity contribution < 1.29 is 14.6 Å². The van der Waals surface area contributed by atoms with Gasteiger partial charge in [-0.3, -0.25) is 9.79 Å². The number of carboxylic acid groups (broad SMARTS) is 1. The Labute approximate surface area is 185 Å². The molecule has 1 saturated heterocycles. The van der Waals surface area contributed by atoms with Gasteiger partial charge in [-0.15, -0.1) is 0 Å². The number of aromatic nitrogens is 1. The van der Waals surface area contributed by atoms with E-state index in [-0.39, 0.29) is 19.1 Å². The first-order valence-electron chi connectivity index (χ1n) is 10.1. The lowest BCUT2D eigenvalue weighted by molar-refractivity contribution is -0.138. The Hall–Kier alpha value is -2.09. The predicted molar refractivity (Wildman–Crippen MR) is 120 cm³/mol. The fourth-order valence-corrected chi connectivity index (χ4v) is 4.48. The number of aliphatic imine (C=N–C) groups is 1. The van der Waals surface area contributed by atoms with Crippen molar-refractivity contribution >= 4 is 57.9 Å². The van der Waals surface area contributed by atoms with Gasteiger partial charge in [0, 0.05) is 24.5 Å². The molecule has 1 N–H and O–H groups in total. The maximum Gasteiger partial charge on any atom is 0.305 e. The van der Waals surface area contributed by atoms with Crippen LogP contribution >= 0.6 is 23.2 Å². The van der Waals surface area contributed by atoms with Crippen LogP contribution in [0.15, 0.2) is 23.2 Å². The highest BCUT2D eigenvalue weighted by Gasteiger charge is 2.32. The average molecular weight is 451 g/mol. The quantitative estimate of drug-likeness (QED) is 0.639. The van der Waals surface area contributed by atoms with E-state index < -0.39 is 5.97 Å². The molecule has 7 nitrogen and oxygen atoms in total. The lowest BCUT2D eigenvalue weighted by Gasteiger charge is -2.28. The number of aliphatic carboxylic acids is 1. The van der Waals surface area contributed by atoms with Crippen molar-refractivity contribution in [3.8, 4) is 0 Å². The van der Waals surface area contributed by atoms with Gasteiger partial charge in [0.1, 0.15) is 5.82 Å². The molecule has 160 valence electrons. The Balaban J connectivity index is 1.69. The van der Waals surface area contributed by atoms with E-state index in [9.17, 15) is 4.79 Å². The first-order chi connectivity index (χ1) is 14.4. The van der Waals surface area contributed by atoms with E-state index in [0.29, 0.717) is 28.1 Å². The summed E-state index contributed by atoms with van der Waals surface area (Å²) in [5.74, 6) is 0.437. The van der Waals surface area contributed by atoms with Gasteiger partial charge in [0.2, 0.25) is 0 Å². The highest BCUT2D eigenvalue weighted by molar-refractivity contribution is 6.45. The summed E-state index contributed by atoms with van der Waals surface area (Å²) in [5, 5.41) is 10.7. The SMILES string of the molecule is C[C@@H]1C[C@@H](COCCC(=O)O)N(c2cc(N3C=NCC3)c3ccc(Cl)c(Cl)c3n2)C1. The standard InChI is InChI=1S/C21H24Cl2N4O3/c1-13-8-14(11-30-7-4-19(28)29)27(10-13)18-9-17(26-6-5-24-12-26)15-2-3-16(22)20(23)21(15)25-18/h2-3,9,12-14H,4-8,10-11H2,1H3,(H,28,29)/t13-,14+/m1/s1. The van der Waals surface area contributed by atoms with Crippen molar-refractivity contribution in [3.05, 3.63) is 28.2 Å². The van der Waals surface area contributed by atoms with Crippen molar-refractivity contribution in [2.45, 2.75) is 25.8 Å². The maximum absolute atomic E-state index is 10.7. The molecule has 0 spiro atoms. The Kier molecular flexibility index (Phi) is 6.32. The van der Waals surface area contributed by atoms with Gasteiger partial charge in [0.15, 0.2) is 0 Å². The fourth-order valence-electron chi connectivity index (χ4n) is 4.12. The number of anilines is 2. The van der Waals surface area contributed by atoms with Crippen LogP contribution in [0, 0.1) is 5.92 Å². The smallest absolute Gasteiger partial charge is 0.305 e. The zero-order chi connectivity index (χ0) is 21.3. The van der Waals surface area contributed by atoms with Gasteiger partial charge in [0.05, 0.1) is 59.8 Å². The number of nitrogens with zero attached hydrogens (tertiary/aromatic N) is 4. The summed E-state index contributed by atoms with van der Waals surface area (Å²) in [4.78, 5) is 24.3. The van der Waals surface area contributed by atoms with Gasteiger partial charge in [-0.25, -0.2) is 4.98 Å². The van der Waals surface area contributed by atoms with E-state index in [0.717, 1.165) is 42.9 Å². The third-order valence-electron chi connectivity index (χ3n) is 5.53. The molecule has 1 aromatic heterocycles. The maximum atomic E-state index is 10.7. The van der Waals surface area contributed by atoms with Crippen LogP contribution in [0.1, 0.15) is 19.8 Å². The molecule has 3 heterocycles. The first-order valence-corrected chi connectivity index (χ1v) is 10.8. The third kappa shape index (κ3) is 4.33. The van der Waals surface area contributed by atoms with E-state index in [4.69, 9.17) is 38.0 Å². The van der Waals surface area contributed by atoms with Gasteiger partial charge in [-0.2, -0.15) is 0 Å². The molecular formula is C21H24Cl2N4O3. The van der Waals surface area contributed by atoms with Crippen LogP contribution in [0.25, 0.3) is 10.9 Å². The summed E-state index contributed by atoms with van der Waals surface area (Å²) >= 11 is 12.8. The van der Waals surface area contributed by atoms with E-state index in [1.807, 2.05) is 12.4 Å². The predicted octanol–water partition coefficient (Wildman–Crippen LogP) is 4.10. The molecule has 2 aliphatic heterocycles. The molecule has 2 aliphatic rings. The van der Waals surface area contributed by atoms with E-state index in [1.54, 1.807) is 6.07 Å². The molecule has 0 unspecified atom stereocenters. The fraction of sp³-hybridized carbons (Fsp3) is 0.476. The van der Waals surface area contributed by atoms with Crippen LogP contribution in [0.5, 0.6) is 0 Å². The number of hydrogen-bond acceptors (Lipinski definition) is 6. The van der Waals surface area contributed by atoms with Gasteiger partial charge in [-0.1, -0.05) is 30.1 Å². The van der Waals surface area contributed by atoms with E-state index in [1.165, 1.54) is 0 Å². The van der Waals surface area contributed by atoms with Crippen LogP contribution in [-0.4, -0.2) is 61.3 Å². The molecule has 2 aromatic rings. The van der Waals surface area contributed by atoms with E-state index in [2.05, 4.69) is 27.8 Å². The van der Waals surface area contributed by atoms with Crippen molar-refractivity contribution in [2.24, 2.45) is 10.9 Å². The summed E-state index contributed by atoms with van der Waals surface area (Å²) in [6.07, 6.45) is 2.81. The van der Waals surface area contributed by atoms with Crippen molar-refractivity contribution in [2.75, 3.05) is 42.6 Å². The molecule has 2 atom stereocenters. The molecule has 0 amide bonds. The number of pyridine rings is 1. The van der Waals surface area contributed by atoms with Crippen LogP contribution in [-0.2, 0) is 9.53 Å². The molecule has 1 fully saturated rings. The van der Waals surface area contributed by atoms with Crippen LogP contribution in [0.2, 0.25) is 10.0 Å². The van der Waals surface area contributed by atoms with Gasteiger partial charge < -0.3 is 19.6 Å². The average Bonchev–Trinajstić information content (AvgIpc) is 3.37. The number of carbonyl (C=O) groups is 1. The number of rotatable bonds is 7. The lowest BCUT2D eigenvalue weighted by Crippen LogP contribution is -2.34. The number of benzene rings is 1. The van der Waals surface area contributed by atoms with Crippen LogP contribution < -0.4 is 9.80 Å². The van der Waals surface area contributed by atoms with Crippen molar-refractivity contribution in [1.82, 2.24) is 4.98 Å². The second kappa shape index (κ2) is 8.96. The minimum Gasteiger partial charge on any atom is -0.481 e. The zero-order valence-corrected chi connectivity index (χ0v) is 18.2. The van der Waals surface area contributed by atoms with Gasteiger partial charge in [0.25, 0.3) is 0 Å². The van der Waals surface area contributed by atoms with Crippen molar-refractivity contribution in [1.29, 1.82) is 0 Å².